The fourth-order valence-electron chi connectivity index (χ4n) is 3.39. The molecule has 1 fully saturated rings. The molecule has 8 heteroatoms. The molecule has 0 radical (unpaired) electrons. The van der Waals surface area contributed by atoms with Crippen molar-refractivity contribution in [2.75, 3.05) is 23.3 Å². The van der Waals surface area contributed by atoms with Crippen molar-refractivity contribution in [1.82, 2.24) is 19.9 Å². The zero-order valence-corrected chi connectivity index (χ0v) is 16.4. The van der Waals surface area contributed by atoms with E-state index in [1.165, 1.54) is 18.2 Å². The Labute approximate surface area is 168 Å². The minimum absolute atomic E-state index is 0.271. The van der Waals surface area contributed by atoms with Gasteiger partial charge in [0.2, 0.25) is 11.9 Å². The minimum atomic E-state index is -0.332. The first-order valence-electron chi connectivity index (χ1n) is 9.71. The van der Waals surface area contributed by atoms with Gasteiger partial charge in [0.25, 0.3) is 5.56 Å². The molecular formula is C21H23FN6O. The van der Waals surface area contributed by atoms with Crippen LogP contribution in [0, 0.1) is 18.7 Å². The van der Waals surface area contributed by atoms with E-state index in [-0.39, 0.29) is 17.3 Å². The quantitative estimate of drug-likeness (QED) is 0.702. The van der Waals surface area contributed by atoms with Gasteiger partial charge < -0.3 is 10.2 Å². The maximum Gasteiger partial charge on any atom is 0.252 e. The molecule has 0 bridgehead atoms. The SMILES string of the molecule is Cc1nc(N2CCC(C)CC2)ncc1-c1cc(=O)[nH]c(Nc2ccc(F)cc2)n1. The third-order valence-electron chi connectivity index (χ3n) is 5.16. The molecule has 1 aliphatic rings. The molecule has 2 N–H and O–H groups in total. The molecule has 3 aromatic rings. The lowest BCUT2D eigenvalue weighted by Crippen LogP contribution is -2.34. The normalized spacial score (nSPS) is 14.8. The Morgan fingerprint density at radius 2 is 1.90 bits per heavy atom. The third kappa shape index (κ3) is 4.42. The summed E-state index contributed by atoms with van der Waals surface area (Å²) in [6, 6.07) is 7.24. The summed E-state index contributed by atoms with van der Waals surface area (Å²) in [4.78, 5) is 30.6. The number of nitrogens with zero attached hydrogens (tertiary/aromatic N) is 4. The Morgan fingerprint density at radius 3 is 2.59 bits per heavy atom. The van der Waals surface area contributed by atoms with Crippen LogP contribution in [0.5, 0.6) is 0 Å². The van der Waals surface area contributed by atoms with Gasteiger partial charge in [0.15, 0.2) is 0 Å². The molecule has 0 atom stereocenters. The van der Waals surface area contributed by atoms with Crippen molar-refractivity contribution in [1.29, 1.82) is 0 Å². The highest BCUT2D eigenvalue weighted by molar-refractivity contribution is 5.64. The number of hydrogen-bond donors (Lipinski definition) is 2. The van der Waals surface area contributed by atoms with Crippen LogP contribution in [0.4, 0.5) is 22.0 Å². The van der Waals surface area contributed by atoms with E-state index in [1.807, 2.05) is 6.92 Å². The third-order valence-corrected chi connectivity index (χ3v) is 5.16. The summed E-state index contributed by atoms with van der Waals surface area (Å²) in [6.45, 7) is 6.07. The molecule has 29 heavy (non-hydrogen) atoms. The van der Waals surface area contributed by atoms with Crippen molar-refractivity contribution in [3.05, 3.63) is 58.4 Å². The molecule has 1 aliphatic heterocycles. The monoisotopic (exact) mass is 394 g/mol. The highest BCUT2D eigenvalue weighted by Crippen LogP contribution is 2.24. The van der Waals surface area contributed by atoms with Crippen LogP contribution >= 0.6 is 0 Å². The highest BCUT2D eigenvalue weighted by Gasteiger charge is 2.19. The zero-order valence-electron chi connectivity index (χ0n) is 16.4. The summed E-state index contributed by atoms with van der Waals surface area (Å²) in [5.74, 6) is 1.39. The van der Waals surface area contributed by atoms with Crippen molar-refractivity contribution in [3.8, 4) is 11.3 Å². The number of nitrogens with one attached hydrogen (secondary N) is 2. The zero-order chi connectivity index (χ0) is 20.4. The first-order chi connectivity index (χ1) is 14.0. The van der Waals surface area contributed by atoms with Crippen LogP contribution in [-0.2, 0) is 0 Å². The van der Waals surface area contributed by atoms with Crippen molar-refractivity contribution in [3.63, 3.8) is 0 Å². The molecule has 0 amide bonds. The van der Waals surface area contributed by atoms with Gasteiger partial charge in [-0.25, -0.2) is 19.3 Å². The number of aryl methyl sites for hydroxylation is 1. The van der Waals surface area contributed by atoms with Gasteiger partial charge in [-0.1, -0.05) is 6.92 Å². The largest absolute Gasteiger partial charge is 0.341 e. The summed E-state index contributed by atoms with van der Waals surface area (Å²) < 4.78 is 13.1. The molecule has 7 nitrogen and oxygen atoms in total. The predicted octanol–water partition coefficient (Wildman–Crippen LogP) is 3.65. The molecule has 4 rings (SSSR count). The van der Waals surface area contributed by atoms with Crippen molar-refractivity contribution < 1.29 is 4.39 Å². The molecule has 0 spiro atoms. The summed E-state index contributed by atoms with van der Waals surface area (Å²) in [5.41, 5.74) is 2.27. The Hall–Kier alpha value is -3.29. The summed E-state index contributed by atoms with van der Waals surface area (Å²) >= 11 is 0. The van der Waals surface area contributed by atoms with Gasteiger partial charge in [0, 0.05) is 36.6 Å². The second kappa shape index (κ2) is 7.98. The summed E-state index contributed by atoms with van der Waals surface area (Å²) in [6.07, 6.45) is 4.00. The van der Waals surface area contributed by atoms with Crippen LogP contribution in [0.1, 0.15) is 25.5 Å². The second-order valence-electron chi connectivity index (χ2n) is 7.45. The van der Waals surface area contributed by atoms with Crippen molar-refractivity contribution in [2.45, 2.75) is 26.7 Å². The molecule has 3 heterocycles. The number of rotatable bonds is 4. The van der Waals surface area contributed by atoms with E-state index in [0.29, 0.717) is 22.9 Å². The molecule has 0 aliphatic carbocycles. The van der Waals surface area contributed by atoms with Crippen LogP contribution in [0.25, 0.3) is 11.3 Å². The number of piperidine rings is 1. The fraction of sp³-hybridized carbons (Fsp3) is 0.333. The van der Waals surface area contributed by atoms with Gasteiger partial charge >= 0.3 is 0 Å². The van der Waals surface area contributed by atoms with Crippen LogP contribution in [0.15, 0.2) is 41.3 Å². The Kier molecular flexibility index (Phi) is 5.24. The maximum absolute atomic E-state index is 13.1. The van der Waals surface area contributed by atoms with Gasteiger partial charge in [0.1, 0.15) is 5.82 Å². The lowest BCUT2D eigenvalue weighted by atomic mass is 10.00. The minimum Gasteiger partial charge on any atom is -0.341 e. The molecular weight excluding hydrogens is 371 g/mol. The van der Waals surface area contributed by atoms with Gasteiger partial charge in [0.05, 0.1) is 11.4 Å². The van der Waals surface area contributed by atoms with E-state index in [9.17, 15) is 9.18 Å². The number of hydrogen-bond acceptors (Lipinski definition) is 6. The number of halogens is 1. The lowest BCUT2D eigenvalue weighted by molar-refractivity contribution is 0.434. The highest BCUT2D eigenvalue weighted by atomic mass is 19.1. The first-order valence-corrected chi connectivity index (χ1v) is 9.71. The fourth-order valence-corrected chi connectivity index (χ4v) is 3.39. The van der Waals surface area contributed by atoms with E-state index >= 15 is 0 Å². The predicted molar refractivity (Wildman–Crippen MR) is 111 cm³/mol. The van der Waals surface area contributed by atoms with Crippen LogP contribution in [0.2, 0.25) is 0 Å². The van der Waals surface area contributed by atoms with Gasteiger partial charge in [-0.15, -0.1) is 0 Å². The van der Waals surface area contributed by atoms with E-state index < -0.39 is 0 Å². The average Bonchev–Trinajstić information content (AvgIpc) is 2.70. The standard InChI is InChI=1S/C21H23FN6O/c1-13-7-9-28(10-8-13)21-23-12-17(14(2)24-21)18-11-19(29)27-20(26-18)25-16-5-3-15(22)4-6-16/h3-6,11-13H,7-10H2,1-2H3,(H2,25,26,27,29). The number of benzene rings is 1. The van der Waals surface area contributed by atoms with E-state index in [4.69, 9.17) is 0 Å². The number of aromatic nitrogens is 4. The molecule has 1 aromatic carbocycles. The Bertz CT molecular complexity index is 1060. The first kappa shape index (κ1) is 19.0. The van der Waals surface area contributed by atoms with E-state index in [0.717, 1.165) is 37.5 Å². The average molecular weight is 394 g/mol. The van der Waals surface area contributed by atoms with Crippen molar-refractivity contribution >= 4 is 17.6 Å². The van der Waals surface area contributed by atoms with Gasteiger partial charge in [-0.3, -0.25) is 9.78 Å². The van der Waals surface area contributed by atoms with Crippen LogP contribution < -0.4 is 15.8 Å². The molecule has 0 saturated carbocycles. The van der Waals surface area contributed by atoms with Crippen LogP contribution in [-0.4, -0.2) is 33.0 Å². The smallest absolute Gasteiger partial charge is 0.252 e. The van der Waals surface area contributed by atoms with Crippen molar-refractivity contribution in [2.24, 2.45) is 5.92 Å². The molecule has 150 valence electrons. The van der Waals surface area contributed by atoms with E-state index in [2.05, 4.69) is 37.1 Å². The number of aromatic amines is 1. The van der Waals surface area contributed by atoms with Gasteiger partial charge in [-0.2, -0.15) is 0 Å². The van der Waals surface area contributed by atoms with E-state index in [1.54, 1.807) is 18.3 Å². The Balaban J connectivity index is 1.60. The number of H-pyrrole nitrogens is 1. The number of anilines is 3. The second-order valence-corrected chi connectivity index (χ2v) is 7.45. The van der Waals surface area contributed by atoms with Gasteiger partial charge in [-0.05, 0) is 49.9 Å². The molecule has 0 unspecified atom stereocenters. The summed E-state index contributed by atoms with van der Waals surface area (Å²) in [5, 5.41) is 2.99. The topological polar surface area (TPSA) is 86.8 Å². The Morgan fingerprint density at radius 1 is 1.17 bits per heavy atom. The lowest BCUT2D eigenvalue weighted by Gasteiger charge is -2.30. The summed E-state index contributed by atoms with van der Waals surface area (Å²) in [7, 11) is 0. The van der Waals surface area contributed by atoms with Crippen LogP contribution in [0.3, 0.4) is 0 Å². The maximum atomic E-state index is 13.1. The molecule has 1 saturated heterocycles. The molecule has 2 aromatic heterocycles.